The Labute approximate surface area is 96.6 Å². The average Bonchev–Trinajstić information content (AvgIpc) is 2.18. The van der Waals surface area contributed by atoms with Crippen molar-refractivity contribution in [1.82, 2.24) is 5.32 Å². The van der Waals surface area contributed by atoms with Gasteiger partial charge in [-0.2, -0.15) is 0 Å². The third-order valence-electron chi connectivity index (χ3n) is 1.73. The Balaban J connectivity index is 0.000000293. The number of rotatable bonds is 4. The summed E-state index contributed by atoms with van der Waals surface area (Å²) in [4.78, 5) is 0. The molecule has 1 aromatic rings. The first-order chi connectivity index (χ1) is 7.56. The minimum absolute atomic E-state index is 0.240. The lowest BCUT2D eigenvalue weighted by atomic mass is 10.2. The van der Waals surface area contributed by atoms with E-state index in [1.165, 1.54) is 5.56 Å². The Kier molecular flexibility index (Phi) is 8.75. The Morgan fingerprint density at radius 1 is 1.06 bits per heavy atom. The molecule has 0 spiro atoms. The van der Waals surface area contributed by atoms with E-state index in [1.54, 1.807) is 13.8 Å². The van der Waals surface area contributed by atoms with Gasteiger partial charge in [-0.05, 0) is 25.8 Å². The Bertz CT molecular complexity index is 244. The molecule has 4 N–H and O–H groups in total. The molecular weight excluding hydrogens is 206 g/mol. The van der Waals surface area contributed by atoms with E-state index in [2.05, 4.69) is 5.32 Å². The normalized spacial score (nSPS) is 13.6. The summed E-state index contributed by atoms with van der Waals surface area (Å²) in [6.07, 6.45) is -0.485. The van der Waals surface area contributed by atoms with Gasteiger partial charge in [0.1, 0.15) is 12.5 Å². The van der Waals surface area contributed by atoms with Gasteiger partial charge < -0.3 is 15.3 Å². The fourth-order valence-electron chi connectivity index (χ4n) is 1.12. The molecule has 0 aliphatic carbocycles. The van der Waals surface area contributed by atoms with E-state index < -0.39 is 12.5 Å². The van der Waals surface area contributed by atoms with Crippen molar-refractivity contribution in [1.29, 1.82) is 0 Å². The molecule has 0 radical (unpaired) electrons. The van der Waals surface area contributed by atoms with Crippen LogP contribution < -0.4 is 5.32 Å². The van der Waals surface area contributed by atoms with Gasteiger partial charge in [0.15, 0.2) is 0 Å². The van der Waals surface area contributed by atoms with Crippen LogP contribution in [-0.4, -0.2) is 34.4 Å². The van der Waals surface area contributed by atoms with Crippen molar-refractivity contribution in [2.75, 3.05) is 6.61 Å². The molecule has 2 atom stereocenters. The van der Waals surface area contributed by atoms with Crippen LogP contribution in [0.2, 0.25) is 0 Å². The summed E-state index contributed by atoms with van der Waals surface area (Å²) in [7, 11) is 0. The molecule has 0 aliphatic rings. The van der Waals surface area contributed by atoms with Crippen LogP contribution >= 0.6 is 0 Å². The summed E-state index contributed by atoms with van der Waals surface area (Å²) in [5, 5.41) is 27.8. The zero-order chi connectivity index (χ0) is 12.4. The van der Waals surface area contributed by atoms with Crippen molar-refractivity contribution in [2.45, 2.75) is 32.7 Å². The molecule has 4 heteroatoms. The summed E-state index contributed by atoms with van der Waals surface area (Å²) in [5.74, 6) is 0. The van der Waals surface area contributed by atoms with E-state index in [4.69, 9.17) is 15.3 Å². The maximum Gasteiger partial charge on any atom is 0.103 e. The topological polar surface area (TPSA) is 72.7 Å². The quantitative estimate of drug-likeness (QED) is 0.564. The summed E-state index contributed by atoms with van der Waals surface area (Å²) in [6, 6.07) is 9.95. The second-order valence-electron chi connectivity index (χ2n) is 3.48. The molecule has 2 unspecified atom stereocenters. The fourth-order valence-corrected chi connectivity index (χ4v) is 1.12. The number of aliphatic hydroxyl groups is 3. The molecule has 0 amide bonds. The molecule has 0 aromatic heterocycles. The molecule has 4 nitrogen and oxygen atoms in total. The average molecular weight is 227 g/mol. The predicted molar refractivity (Wildman–Crippen MR) is 63.7 cm³/mol. The smallest absolute Gasteiger partial charge is 0.103 e. The second kappa shape index (κ2) is 9.30. The highest BCUT2D eigenvalue weighted by Crippen LogP contribution is 1.97. The summed E-state index contributed by atoms with van der Waals surface area (Å²) >= 11 is 0. The molecule has 0 saturated heterocycles. The van der Waals surface area contributed by atoms with E-state index in [0.717, 1.165) is 6.42 Å². The number of hydrogen-bond acceptors (Lipinski definition) is 4. The van der Waals surface area contributed by atoms with Crippen molar-refractivity contribution in [3.05, 3.63) is 35.9 Å². The molecule has 0 fully saturated rings. The van der Waals surface area contributed by atoms with Gasteiger partial charge >= 0.3 is 0 Å². The molecule has 0 heterocycles. The van der Waals surface area contributed by atoms with Crippen LogP contribution in [0.15, 0.2) is 30.3 Å². The first-order valence-electron chi connectivity index (χ1n) is 5.33. The van der Waals surface area contributed by atoms with Crippen LogP contribution in [-0.2, 0) is 6.42 Å². The van der Waals surface area contributed by atoms with Crippen molar-refractivity contribution in [3.63, 3.8) is 0 Å². The van der Waals surface area contributed by atoms with Crippen molar-refractivity contribution >= 4 is 0 Å². The van der Waals surface area contributed by atoms with Crippen LogP contribution in [0.1, 0.15) is 19.4 Å². The lowest BCUT2D eigenvalue weighted by Crippen LogP contribution is -2.33. The van der Waals surface area contributed by atoms with Gasteiger partial charge in [-0.1, -0.05) is 30.3 Å². The van der Waals surface area contributed by atoms with Crippen molar-refractivity contribution in [3.8, 4) is 0 Å². The predicted octanol–water partition coefficient (Wildman–Crippen LogP) is 0.474. The van der Waals surface area contributed by atoms with Crippen LogP contribution in [0.3, 0.4) is 0 Å². The SMILES string of the molecule is CC(O)NC(C)O.OCCc1ccccc1. The first kappa shape index (κ1) is 15.1. The summed E-state index contributed by atoms with van der Waals surface area (Å²) < 4.78 is 0. The van der Waals surface area contributed by atoms with E-state index in [0.29, 0.717) is 0 Å². The van der Waals surface area contributed by atoms with Crippen LogP contribution in [0.4, 0.5) is 0 Å². The molecule has 1 aromatic carbocycles. The van der Waals surface area contributed by atoms with Crippen molar-refractivity contribution in [2.24, 2.45) is 0 Å². The third kappa shape index (κ3) is 9.61. The van der Waals surface area contributed by atoms with Gasteiger partial charge in [0.05, 0.1) is 0 Å². The lowest BCUT2D eigenvalue weighted by molar-refractivity contribution is 0.0632. The standard InChI is InChI=1S/C8H10O.C4H11NO2/c9-7-6-8-4-2-1-3-5-8;1-3(6)5-4(2)7/h1-5,9H,6-7H2;3-7H,1-2H3. The van der Waals surface area contributed by atoms with E-state index in [9.17, 15) is 0 Å². The highest BCUT2D eigenvalue weighted by Gasteiger charge is 1.95. The molecular formula is C12H21NO3. The Morgan fingerprint density at radius 2 is 1.56 bits per heavy atom. The second-order valence-corrected chi connectivity index (χ2v) is 3.48. The minimum atomic E-state index is -0.625. The Morgan fingerprint density at radius 3 is 1.88 bits per heavy atom. The van der Waals surface area contributed by atoms with E-state index in [1.807, 2.05) is 30.3 Å². The van der Waals surface area contributed by atoms with Crippen molar-refractivity contribution < 1.29 is 15.3 Å². The van der Waals surface area contributed by atoms with Crippen LogP contribution in [0, 0.1) is 0 Å². The summed E-state index contributed by atoms with van der Waals surface area (Å²) in [6.45, 7) is 3.34. The highest BCUT2D eigenvalue weighted by molar-refractivity contribution is 5.14. The largest absolute Gasteiger partial charge is 0.396 e. The monoisotopic (exact) mass is 227 g/mol. The Hall–Kier alpha value is -0.940. The first-order valence-corrected chi connectivity index (χ1v) is 5.33. The summed E-state index contributed by atoms with van der Waals surface area (Å²) in [5.41, 5.74) is 1.19. The highest BCUT2D eigenvalue weighted by atomic mass is 16.3. The number of nitrogens with one attached hydrogen (secondary N) is 1. The molecule has 0 bridgehead atoms. The van der Waals surface area contributed by atoms with E-state index >= 15 is 0 Å². The lowest BCUT2D eigenvalue weighted by Gasteiger charge is -2.08. The maximum absolute atomic E-state index is 8.52. The van der Waals surface area contributed by atoms with Gasteiger partial charge in [0.25, 0.3) is 0 Å². The number of benzene rings is 1. The number of aliphatic hydroxyl groups excluding tert-OH is 3. The third-order valence-corrected chi connectivity index (χ3v) is 1.73. The van der Waals surface area contributed by atoms with Crippen LogP contribution in [0.25, 0.3) is 0 Å². The molecule has 0 saturated carbocycles. The maximum atomic E-state index is 8.52. The molecule has 92 valence electrons. The van der Waals surface area contributed by atoms with Gasteiger partial charge in [-0.15, -0.1) is 0 Å². The minimum Gasteiger partial charge on any atom is -0.396 e. The molecule has 16 heavy (non-hydrogen) atoms. The van der Waals surface area contributed by atoms with Gasteiger partial charge in [-0.3, -0.25) is 5.32 Å². The van der Waals surface area contributed by atoms with Gasteiger partial charge in [0.2, 0.25) is 0 Å². The molecule has 1 rings (SSSR count). The zero-order valence-corrected chi connectivity index (χ0v) is 9.80. The van der Waals surface area contributed by atoms with Crippen LogP contribution in [0.5, 0.6) is 0 Å². The fraction of sp³-hybridized carbons (Fsp3) is 0.500. The van der Waals surface area contributed by atoms with Gasteiger partial charge in [-0.25, -0.2) is 0 Å². The van der Waals surface area contributed by atoms with E-state index in [-0.39, 0.29) is 6.61 Å². The zero-order valence-electron chi connectivity index (χ0n) is 9.80. The molecule has 0 aliphatic heterocycles. The number of hydrogen-bond donors (Lipinski definition) is 4. The van der Waals surface area contributed by atoms with Gasteiger partial charge in [0, 0.05) is 6.61 Å².